The van der Waals surface area contributed by atoms with Gasteiger partial charge in [0.05, 0.1) is 39.9 Å². The highest BCUT2D eigenvalue weighted by Crippen LogP contribution is 2.38. The zero-order valence-corrected chi connectivity index (χ0v) is 40.6. The van der Waals surface area contributed by atoms with Gasteiger partial charge in [0.2, 0.25) is 5.91 Å². The van der Waals surface area contributed by atoms with Crippen LogP contribution in [0.15, 0.2) is 24.3 Å². The van der Waals surface area contributed by atoms with Gasteiger partial charge in [0.15, 0.2) is 0 Å². The Morgan fingerprint density at radius 3 is 1.37 bits per heavy atom. The predicted molar refractivity (Wildman–Crippen MR) is 252 cm³/mol. The summed E-state index contributed by atoms with van der Waals surface area (Å²) in [6, 6.07) is -0.897. The number of rotatable bonds is 46. The third kappa shape index (κ3) is 44.8. The van der Waals surface area contributed by atoms with E-state index >= 15 is 0 Å². The van der Waals surface area contributed by atoms with E-state index in [1.54, 1.807) is 6.08 Å². The maximum atomic E-state index is 12.8. The maximum Gasteiger partial charge on any atom is 0.268 e. The van der Waals surface area contributed by atoms with Crippen molar-refractivity contribution >= 4 is 13.7 Å². The number of hydrogen-bond donors (Lipinski definition) is 2. The third-order valence-electron chi connectivity index (χ3n) is 11.4. The monoisotopic (exact) mass is 855 g/mol. The second-order valence-electron chi connectivity index (χ2n) is 18.5. The fraction of sp³-hybridized carbons (Fsp3) is 0.900. The Balaban J connectivity index is 4.14. The van der Waals surface area contributed by atoms with Crippen LogP contribution in [0.2, 0.25) is 0 Å². The molecule has 350 valence electrons. The van der Waals surface area contributed by atoms with Crippen LogP contribution in [0.4, 0.5) is 0 Å². The Hall–Kier alpha value is -1.02. The summed E-state index contributed by atoms with van der Waals surface area (Å²) in [5.41, 5.74) is 0. The molecule has 9 heteroatoms. The van der Waals surface area contributed by atoms with E-state index in [9.17, 15) is 19.4 Å². The molecule has 0 aromatic rings. The Kier molecular flexibility index (Phi) is 41.6. The van der Waals surface area contributed by atoms with Gasteiger partial charge >= 0.3 is 0 Å². The number of carbonyl (C=O) groups is 1. The Morgan fingerprint density at radius 2 is 0.949 bits per heavy atom. The number of unbranched alkanes of at least 4 members (excludes halogenated alkanes) is 31. The summed E-state index contributed by atoms with van der Waals surface area (Å²) >= 11 is 0. The lowest BCUT2D eigenvalue weighted by Gasteiger charge is -2.29. The number of hydrogen-bond acceptors (Lipinski definition) is 6. The summed E-state index contributed by atoms with van der Waals surface area (Å²) in [5, 5.41) is 13.7. The molecule has 0 fully saturated rings. The van der Waals surface area contributed by atoms with E-state index in [2.05, 4.69) is 31.3 Å². The number of carbonyl (C=O) groups excluding carboxylic acids is 1. The Morgan fingerprint density at radius 1 is 0.576 bits per heavy atom. The number of aliphatic hydroxyl groups excluding tert-OH is 1. The van der Waals surface area contributed by atoms with Crippen LogP contribution >= 0.6 is 7.82 Å². The number of aliphatic hydroxyl groups is 1. The van der Waals surface area contributed by atoms with E-state index in [-0.39, 0.29) is 19.1 Å². The Bertz CT molecular complexity index is 1020. The lowest BCUT2D eigenvalue weighted by molar-refractivity contribution is -0.870. The molecule has 0 radical (unpaired) electrons. The van der Waals surface area contributed by atoms with Crippen molar-refractivity contribution in [3.8, 4) is 0 Å². The van der Waals surface area contributed by atoms with Crippen LogP contribution in [0.5, 0.6) is 0 Å². The fourth-order valence-electron chi connectivity index (χ4n) is 7.41. The van der Waals surface area contributed by atoms with Gasteiger partial charge in [-0.25, -0.2) is 0 Å². The largest absolute Gasteiger partial charge is 0.756 e. The van der Waals surface area contributed by atoms with Crippen LogP contribution < -0.4 is 10.2 Å². The van der Waals surface area contributed by atoms with Gasteiger partial charge in [-0.1, -0.05) is 224 Å². The molecule has 0 bridgehead atoms. The number of amides is 1. The van der Waals surface area contributed by atoms with Gasteiger partial charge in [-0.3, -0.25) is 9.36 Å². The van der Waals surface area contributed by atoms with Crippen molar-refractivity contribution in [3.05, 3.63) is 24.3 Å². The van der Waals surface area contributed by atoms with Crippen molar-refractivity contribution in [1.82, 2.24) is 5.32 Å². The molecule has 3 atom stereocenters. The van der Waals surface area contributed by atoms with Crippen LogP contribution in [0.1, 0.15) is 239 Å². The summed E-state index contributed by atoms with van der Waals surface area (Å²) in [6.07, 6.45) is 51.3. The molecule has 59 heavy (non-hydrogen) atoms. The lowest BCUT2D eigenvalue weighted by Crippen LogP contribution is -2.45. The van der Waals surface area contributed by atoms with Crippen molar-refractivity contribution < 1.29 is 32.9 Å². The molecule has 0 aliphatic carbocycles. The molecular formula is C50H99N2O6P. The molecule has 0 saturated heterocycles. The van der Waals surface area contributed by atoms with E-state index in [1.165, 1.54) is 180 Å². The smallest absolute Gasteiger partial charge is 0.268 e. The molecule has 8 nitrogen and oxygen atoms in total. The topological polar surface area (TPSA) is 108 Å². The minimum absolute atomic E-state index is 0.00445. The van der Waals surface area contributed by atoms with Crippen LogP contribution in [0, 0.1) is 0 Å². The van der Waals surface area contributed by atoms with E-state index in [1.807, 2.05) is 27.2 Å². The van der Waals surface area contributed by atoms with Crippen molar-refractivity contribution in [2.24, 2.45) is 0 Å². The molecule has 0 aliphatic rings. The van der Waals surface area contributed by atoms with Crippen LogP contribution in [0.25, 0.3) is 0 Å². The standard InChI is InChI=1S/C50H99N2O6P/c1-6-8-10-12-14-16-17-18-19-20-21-22-23-24-25-26-27-28-29-30-31-32-33-34-36-37-39-41-43-49(53)48(47-58-59(55,56)57-46-45-52(3,4)5)51-50(54)44-42-40-38-35-15-13-11-9-7-2/h34,36,41,43,48-49,53H,6-33,35,37-40,42,44-47H2,1-5H3,(H-,51,54,55,56)/b36-34+,43-41+. The third-order valence-corrected chi connectivity index (χ3v) is 12.4. The predicted octanol–water partition coefficient (Wildman–Crippen LogP) is 13.8. The molecule has 0 heterocycles. The van der Waals surface area contributed by atoms with Crippen LogP contribution in [-0.2, 0) is 18.4 Å². The molecule has 0 rings (SSSR count). The normalized spacial score (nSPS) is 14.4. The van der Waals surface area contributed by atoms with E-state index < -0.39 is 20.0 Å². The summed E-state index contributed by atoms with van der Waals surface area (Å²) in [5.74, 6) is -0.209. The SMILES string of the molecule is CCCCCCCCCCCCCCCCCCCCCCCC/C=C/CC/C=C/C(O)C(COP(=O)([O-])OCC[N+](C)(C)C)NC(=O)CCCCCCCCCCC. The molecule has 1 amide bonds. The number of nitrogens with zero attached hydrogens (tertiary/aromatic N) is 1. The van der Waals surface area contributed by atoms with Gasteiger partial charge in [-0.15, -0.1) is 0 Å². The molecule has 2 N–H and O–H groups in total. The summed E-state index contributed by atoms with van der Waals surface area (Å²) in [4.78, 5) is 25.2. The van der Waals surface area contributed by atoms with Gasteiger partial charge in [-0.2, -0.15) is 0 Å². The molecule has 0 saturated carbocycles. The average molecular weight is 855 g/mol. The highest BCUT2D eigenvalue weighted by atomic mass is 31.2. The number of phosphoric acid groups is 1. The number of allylic oxidation sites excluding steroid dienone is 3. The quantitative estimate of drug-likeness (QED) is 0.0273. The van der Waals surface area contributed by atoms with Crippen LogP contribution in [-0.4, -0.2) is 68.5 Å². The number of quaternary nitrogens is 1. The Labute approximate surface area is 366 Å². The highest BCUT2D eigenvalue weighted by molar-refractivity contribution is 7.45. The first kappa shape index (κ1) is 58.0. The van der Waals surface area contributed by atoms with Crippen molar-refractivity contribution in [2.45, 2.75) is 251 Å². The zero-order chi connectivity index (χ0) is 43.6. The molecule has 0 aromatic heterocycles. The first-order valence-corrected chi connectivity index (χ1v) is 26.7. The number of phosphoric ester groups is 1. The molecular weight excluding hydrogens is 756 g/mol. The van der Waals surface area contributed by atoms with E-state index in [4.69, 9.17) is 9.05 Å². The van der Waals surface area contributed by atoms with Crippen molar-refractivity contribution in [1.29, 1.82) is 0 Å². The van der Waals surface area contributed by atoms with Gasteiger partial charge in [0, 0.05) is 6.42 Å². The summed E-state index contributed by atoms with van der Waals surface area (Å²) < 4.78 is 23.2. The van der Waals surface area contributed by atoms with Gasteiger partial charge in [-0.05, 0) is 32.1 Å². The summed E-state index contributed by atoms with van der Waals surface area (Å²) in [6.45, 7) is 4.62. The van der Waals surface area contributed by atoms with E-state index in [0.717, 1.165) is 38.5 Å². The summed E-state index contributed by atoms with van der Waals surface area (Å²) in [7, 11) is 1.25. The van der Waals surface area contributed by atoms with Gasteiger partial charge in [0.1, 0.15) is 13.2 Å². The first-order chi connectivity index (χ1) is 28.5. The lowest BCUT2D eigenvalue weighted by atomic mass is 10.0. The second kappa shape index (κ2) is 42.3. The average Bonchev–Trinajstić information content (AvgIpc) is 3.19. The molecule has 0 aliphatic heterocycles. The molecule has 0 spiro atoms. The fourth-order valence-corrected chi connectivity index (χ4v) is 8.13. The first-order valence-electron chi connectivity index (χ1n) is 25.2. The second-order valence-corrected chi connectivity index (χ2v) is 19.9. The minimum atomic E-state index is -4.59. The minimum Gasteiger partial charge on any atom is -0.756 e. The van der Waals surface area contributed by atoms with E-state index in [0.29, 0.717) is 17.4 Å². The highest BCUT2D eigenvalue weighted by Gasteiger charge is 2.23. The zero-order valence-electron chi connectivity index (χ0n) is 39.7. The maximum absolute atomic E-state index is 12.8. The molecule has 0 aromatic carbocycles. The van der Waals surface area contributed by atoms with Crippen LogP contribution in [0.3, 0.4) is 0 Å². The molecule has 3 unspecified atom stereocenters. The van der Waals surface area contributed by atoms with Gasteiger partial charge < -0.3 is 28.8 Å². The number of likely N-dealkylation sites (N-methyl/N-ethyl adjacent to an activating group) is 1. The van der Waals surface area contributed by atoms with Crippen molar-refractivity contribution in [3.63, 3.8) is 0 Å². The van der Waals surface area contributed by atoms with Gasteiger partial charge in [0.25, 0.3) is 7.82 Å². The number of nitrogens with one attached hydrogen (secondary N) is 1. The van der Waals surface area contributed by atoms with Crippen molar-refractivity contribution in [2.75, 3.05) is 40.9 Å².